The van der Waals surface area contributed by atoms with Crippen LogP contribution in [0.25, 0.3) is 0 Å². The summed E-state index contributed by atoms with van der Waals surface area (Å²) in [7, 11) is 0. The van der Waals surface area contributed by atoms with Crippen LogP contribution in [0.2, 0.25) is 0 Å². The van der Waals surface area contributed by atoms with Gasteiger partial charge in [-0.15, -0.1) is 0 Å². The molecule has 0 radical (unpaired) electrons. The minimum absolute atomic E-state index is 0.631. The van der Waals surface area contributed by atoms with E-state index in [1.807, 2.05) is 6.07 Å². The highest BCUT2D eigenvalue weighted by Gasteiger charge is 2.19. The maximum atomic E-state index is 5.34. The Morgan fingerprint density at radius 1 is 1.12 bits per heavy atom. The van der Waals surface area contributed by atoms with Crippen LogP contribution in [-0.4, -0.2) is 9.97 Å². The maximum Gasteiger partial charge on any atom is 0.145 e. The van der Waals surface area contributed by atoms with Crippen molar-refractivity contribution < 1.29 is 0 Å². The second-order valence-electron chi connectivity index (χ2n) is 4.03. The van der Waals surface area contributed by atoms with E-state index in [0.717, 1.165) is 18.9 Å². The summed E-state index contributed by atoms with van der Waals surface area (Å²) in [5, 5.41) is 0. The summed E-state index contributed by atoms with van der Waals surface area (Å²) in [6.07, 6.45) is 1.52. The van der Waals surface area contributed by atoms with Crippen molar-refractivity contribution in [3.8, 4) is 0 Å². The van der Waals surface area contributed by atoms with Crippen LogP contribution >= 0.6 is 0 Å². The minimum atomic E-state index is 0.631. The number of anilines is 2. The Morgan fingerprint density at radius 2 is 1.82 bits per heavy atom. The molecule has 0 saturated heterocycles. The summed E-state index contributed by atoms with van der Waals surface area (Å²) >= 11 is 0. The van der Waals surface area contributed by atoms with Crippen molar-refractivity contribution in [1.29, 1.82) is 0 Å². The Morgan fingerprint density at radius 3 is 2.47 bits per heavy atom. The number of hydrazine groups is 1. The third kappa shape index (κ3) is 1.81. The van der Waals surface area contributed by atoms with E-state index in [0.29, 0.717) is 5.82 Å². The monoisotopic (exact) mass is 227 g/mol. The zero-order chi connectivity index (χ0) is 11.7. The largest absolute Gasteiger partial charge is 0.348 e. The van der Waals surface area contributed by atoms with Crippen LogP contribution < -0.4 is 16.2 Å². The Bertz CT molecular complexity index is 515. The van der Waals surface area contributed by atoms with Gasteiger partial charge in [-0.1, -0.05) is 24.3 Å². The van der Waals surface area contributed by atoms with Gasteiger partial charge in [-0.3, -0.25) is 0 Å². The van der Waals surface area contributed by atoms with E-state index in [9.17, 15) is 0 Å². The van der Waals surface area contributed by atoms with Gasteiger partial charge in [0, 0.05) is 19.2 Å². The summed E-state index contributed by atoms with van der Waals surface area (Å²) < 4.78 is 0. The number of fused-ring (bicyclic) bond motifs is 1. The molecule has 86 valence electrons. The summed E-state index contributed by atoms with van der Waals surface area (Å²) in [6.45, 7) is 1.77. The van der Waals surface area contributed by atoms with Crippen LogP contribution in [0.3, 0.4) is 0 Å². The number of nitrogens with zero attached hydrogens (tertiary/aromatic N) is 3. The summed E-state index contributed by atoms with van der Waals surface area (Å²) in [5.74, 6) is 6.87. The Balaban J connectivity index is 1.88. The van der Waals surface area contributed by atoms with Crippen molar-refractivity contribution in [3.63, 3.8) is 0 Å². The van der Waals surface area contributed by atoms with Gasteiger partial charge in [-0.25, -0.2) is 15.8 Å². The Kier molecular flexibility index (Phi) is 2.38. The second kappa shape index (κ2) is 4.03. The smallest absolute Gasteiger partial charge is 0.145 e. The molecule has 17 heavy (non-hydrogen) atoms. The van der Waals surface area contributed by atoms with Gasteiger partial charge in [0.1, 0.15) is 18.0 Å². The van der Waals surface area contributed by atoms with Crippen LogP contribution in [0.1, 0.15) is 11.1 Å². The molecule has 0 spiro atoms. The van der Waals surface area contributed by atoms with Crippen LogP contribution in [0, 0.1) is 0 Å². The number of nitrogen functional groups attached to an aromatic ring is 1. The first-order valence-corrected chi connectivity index (χ1v) is 5.47. The highest BCUT2D eigenvalue weighted by atomic mass is 15.3. The molecule has 0 aliphatic carbocycles. The highest BCUT2D eigenvalue weighted by Crippen LogP contribution is 2.27. The molecule has 0 fully saturated rings. The van der Waals surface area contributed by atoms with E-state index in [1.165, 1.54) is 17.5 Å². The number of rotatable bonds is 2. The van der Waals surface area contributed by atoms with E-state index in [4.69, 9.17) is 5.84 Å². The van der Waals surface area contributed by atoms with E-state index in [1.54, 1.807) is 0 Å². The van der Waals surface area contributed by atoms with Gasteiger partial charge >= 0.3 is 0 Å². The predicted molar refractivity (Wildman–Crippen MR) is 66.2 cm³/mol. The van der Waals surface area contributed by atoms with Crippen LogP contribution in [-0.2, 0) is 13.1 Å². The molecule has 0 unspecified atom stereocenters. The summed E-state index contributed by atoms with van der Waals surface area (Å²) in [4.78, 5) is 10.5. The van der Waals surface area contributed by atoms with Crippen molar-refractivity contribution in [2.45, 2.75) is 13.1 Å². The molecular formula is C12H13N5. The molecule has 5 heteroatoms. The van der Waals surface area contributed by atoms with E-state index >= 15 is 0 Å². The van der Waals surface area contributed by atoms with Gasteiger partial charge in [0.05, 0.1) is 0 Å². The molecule has 0 saturated carbocycles. The fourth-order valence-electron chi connectivity index (χ4n) is 2.09. The number of nitrogens with one attached hydrogen (secondary N) is 1. The van der Waals surface area contributed by atoms with Crippen molar-refractivity contribution >= 4 is 11.6 Å². The lowest BCUT2D eigenvalue weighted by Gasteiger charge is -2.16. The Labute approximate surface area is 99.3 Å². The standard InChI is InChI=1S/C12H13N5/c13-16-11-5-12(15-8-14-11)17-6-9-3-1-2-4-10(9)7-17/h1-5,8H,6-7,13H2,(H,14,15,16). The third-order valence-electron chi connectivity index (χ3n) is 2.97. The van der Waals surface area contributed by atoms with E-state index in [-0.39, 0.29) is 0 Å². The fourth-order valence-corrected chi connectivity index (χ4v) is 2.09. The summed E-state index contributed by atoms with van der Waals surface area (Å²) in [6, 6.07) is 10.3. The number of aromatic nitrogens is 2. The first-order chi connectivity index (χ1) is 8.36. The molecule has 1 aromatic heterocycles. The van der Waals surface area contributed by atoms with Crippen molar-refractivity contribution in [3.05, 3.63) is 47.8 Å². The van der Waals surface area contributed by atoms with Crippen LogP contribution in [0.15, 0.2) is 36.7 Å². The first-order valence-electron chi connectivity index (χ1n) is 5.47. The lowest BCUT2D eigenvalue weighted by atomic mass is 10.1. The molecule has 0 amide bonds. The number of hydrogen-bond donors (Lipinski definition) is 2. The quantitative estimate of drug-likeness (QED) is 0.597. The molecule has 1 aliphatic heterocycles. The molecular weight excluding hydrogens is 214 g/mol. The van der Waals surface area contributed by atoms with Gasteiger partial charge < -0.3 is 10.3 Å². The van der Waals surface area contributed by atoms with Gasteiger partial charge in [0.25, 0.3) is 0 Å². The number of hydrogen-bond acceptors (Lipinski definition) is 5. The van der Waals surface area contributed by atoms with Gasteiger partial charge in [0.2, 0.25) is 0 Å². The molecule has 3 N–H and O–H groups in total. The predicted octanol–water partition coefficient (Wildman–Crippen LogP) is 1.28. The summed E-state index contributed by atoms with van der Waals surface area (Å²) in [5.41, 5.74) is 5.24. The lowest BCUT2D eigenvalue weighted by molar-refractivity contribution is 0.851. The molecule has 5 nitrogen and oxygen atoms in total. The van der Waals surface area contributed by atoms with E-state index < -0.39 is 0 Å². The zero-order valence-corrected chi connectivity index (χ0v) is 9.30. The average Bonchev–Trinajstić information content (AvgIpc) is 2.82. The Hall–Kier alpha value is -2.14. The lowest BCUT2D eigenvalue weighted by Crippen LogP contribution is -2.17. The molecule has 1 aromatic carbocycles. The van der Waals surface area contributed by atoms with Crippen molar-refractivity contribution in [1.82, 2.24) is 9.97 Å². The minimum Gasteiger partial charge on any atom is -0.348 e. The van der Waals surface area contributed by atoms with Crippen LogP contribution in [0.4, 0.5) is 11.6 Å². The van der Waals surface area contributed by atoms with Gasteiger partial charge in [-0.05, 0) is 11.1 Å². The SMILES string of the molecule is NNc1cc(N2Cc3ccccc3C2)ncn1. The van der Waals surface area contributed by atoms with Gasteiger partial charge in [0.15, 0.2) is 0 Å². The topological polar surface area (TPSA) is 67.1 Å². The zero-order valence-electron chi connectivity index (χ0n) is 9.30. The first kappa shape index (κ1) is 10.0. The molecule has 2 heterocycles. The molecule has 0 atom stereocenters. The second-order valence-corrected chi connectivity index (χ2v) is 4.03. The molecule has 0 bridgehead atoms. The molecule has 3 rings (SSSR count). The van der Waals surface area contributed by atoms with Crippen LogP contribution in [0.5, 0.6) is 0 Å². The van der Waals surface area contributed by atoms with E-state index in [2.05, 4.69) is 44.6 Å². The number of nitrogens with two attached hydrogens (primary N) is 1. The normalized spacial score (nSPS) is 13.6. The third-order valence-corrected chi connectivity index (χ3v) is 2.97. The van der Waals surface area contributed by atoms with Crippen molar-refractivity contribution in [2.24, 2.45) is 5.84 Å². The maximum absolute atomic E-state index is 5.34. The molecule has 1 aliphatic rings. The number of benzene rings is 1. The van der Waals surface area contributed by atoms with Crippen molar-refractivity contribution in [2.75, 3.05) is 10.3 Å². The highest BCUT2D eigenvalue weighted by molar-refractivity contribution is 5.51. The fraction of sp³-hybridized carbons (Fsp3) is 0.167. The molecule has 2 aromatic rings. The average molecular weight is 227 g/mol. The van der Waals surface area contributed by atoms with Gasteiger partial charge in [-0.2, -0.15) is 0 Å².